The van der Waals surface area contributed by atoms with Crippen LogP contribution in [0.5, 0.6) is 0 Å². The Bertz CT molecular complexity index is 941. The summed E-state index contributed by atoms with van der Waals surface area (Å²) in [5.74, 6) is -0.148. The van der Waals surface area contributed by atoms with Crippen molar-refractivity contribution in [1.29, 1.82) is 0 Å². The summed E-state index contributed by atoms with van der Waals surface area (Å²) >= 11 is 0. The van der Waals surface area contributed by atoms with Crippen LogP contribution >= 0.6 is 0 Å². The van der Waals surface area contributed by atoms with Crippen LogP contribution in [0, 0.1) is 10.1 Å². The second-order valence-electron chi connectivity index (χ2n) is 7.71. The Morgan fingerprint density at radius 1 is 1.17 bits per heavy atom. The van der Waals surface area contributed by atoms with E-state index in [9.17, 15) is 19.7 Å². The van der Waals surface area contributed by atoms with Gasteiger partial charge in [0.25, 0.3) is 11.6 Å². The number of carbonyl (C=O) groups excluding carboxylic acids is 2. The number of benzene rings is 2. The number of nitrogens with one attached hydrogen (secondary N) is 2. The number of likely N-dealkylation sites (tertiary alicyclic amines) is 1. The fourth-order valence-electron chi connectivity index (χ4n) is 3.37. The van der Waals surface area contributed by atoms with Gasteiger partial charge in [0.15, 0.2) is 0 Å². The van der Waals surface area contributed by atoms with E-state index in [4.69, 9.17) is 0 Å². The first-order chi connectivity index (χ1) is 14.3. The zero-order chi connectivity index (χ0) is 21.7. The topological polar surface area (TPSA) is 105 Å². The highest BCUT2D eigenvalue weighted by Gasteiger charge is 2.20. The summed E-state index contributed by atoms with van der Waals surface area (Å²) in [6.45, 7) is 5.48. The molecule has 0 bridgehead atoms. The number of nitro benzene ring substituents is 1. The molecule has 2 amide bonds. The lowest BCUT2D eigenvalue weighted by Gasteiger charge is -2.15. The van der Waals surface area contributed by atoms with E-state index in [1.807, 2.05) is 43.0 Å². The van der Waals surface area contributed by atoms with Gasteiger partial charge in [0, 0.05) is 43.7 Å². The van der Waals surface area contributed by atoms with Gasteiger partial charge in [0.2, 0.25) is 5.91 Å². The predicted octanol–water partition coefficient (Wildman–Crippen LogP) is 3.47. The molecule has 158 valence electrons. The summed E-state index contributed by atoms with van der Waals surface area (Å²) in [4.78, 5) is 36.7. The normalized spacial score (nSPS) is 13.6. The van der Waals surface area contributed by atoms with Gasteiger partial charge in [0.1, 0.15) is 5.69 Å². The van der Waals surface area contributed by atoms with E-state index in [1.165, 1.54) is 6.07 Å². The van der Waals surface area contributed by atoms with E-state index in [2.05, 4.69) is 10.6 Å². The van der Waals surface area contributed by atoms with Crippen LogP contribution in [-0.2, 0) is 17.9 Å². The van der Waals surface area contributed by atoms with Crippen LogP contribution in [0.3, 0.4) is 0 Å². The Morgan fingerprint density at radius 3 is 2.47 bits per heavy atom. The molecule has 1 heterocycles. The predicted molar refractivity (Wildman–Crippen MR) is 114 cm³/mol. The van der Waals surface area contributed by atoms with Crippen LogP contribution in [0.15, 0.2) is 42.5 Å². The molecule has 2 aromatic rings. The van der Waals surface area contributed by atoms with E-state index < -0.39 is 4.92 Å². The molecule has 0 aromatic heterocycles. The van der Waals surface area contributed by atoms with Crippen molar-refractivity contribution in [2.45, 2.75) is 45.8 Å². The fraction of sp³-hybridized carbons (Fsp3) is 0.364. The van der Waals surface area contributed by atoms with E-state index >= 15 is 0 Å². The lowest BCUT2D eigenvalue weighted by atomic mass is 10.1. The maximum Gasteiger partial charge on any atom is 0.293 e. The van der Waals surface area contributed by atoms with Gasteiger partial charge in [0.05, 0.1) is 4.92 Å². The lowest BCUT2D eigenvalue weighted by Crippen LogP contribution is -2.30. The maximum atomic E-state index is 12.1. The van der Waals surface area contributed by atoms with Crippen LogP contribution in [0.2, 0.25) is 0 Å². The van der Waals surface area contributed by atoms with Crippen molar-refractivity contribution in [2.75, 3.05) is 11.9 Å². The minimum atomic E-state index is -0.495. The Kier molecular flexibility index (Phi) is 6.66. The molecule has 1 aliphatic rings. The second-order valence-corrected chi connectivity index (χ2v) is 7.71. The monoisotopic (exact) mass is 410 g/mol. The standard InChI is InChI=1S/C22H26N4O4/c1-15(2)24-22(28)18-9-10-19(20(12-18)26(29)30)23-13-16-5-7-17(8-6-16)14-25-11-3-4-21(25)27/h5-10,12,15,23H,3-4,11,13-14H2,1-2H3,(H,24,28). The van der Waals surface area contributed by atoms with Gasteiger partial charge >= 0.3 is 0 Å². The minimum Gasteiger partial charge on any atom is -0.375 e. The van der Waals surface area contributed by atoms with E-state index in [1.54, 1.807) is 12.1 Å². The third-order valence-electron chi connectivity index (χ3n) is 4.93. The Hall–Kier alpha value is -3.42. The number of nitrogens with zero attached hydrogens (tertiary/aromatic N) is 2. The molecule has 1 saturated heterocycles. The summed E-state index contributed by atoms with van der Waals surface area (Å²) in [7, 11) is 0. The Labute approximate surface area is 175 Å². The Morgan fingerprint density at radius 2 is 1.87 bits per heavy atom. The number of nitro groups is 1. The molecule has 30 heavy (non-hydrogen) atoms. The molecular formula is C22H26N4O4. The number of anilines is 1. The molecule has 2 aromatic carbocycles. The first-order valence-electron chi connectivity index (χ1n) is 10.0. The molecule has 0 atom stereocenters. The molecule has 8 heteroatoms. The first-order valence-corrected chi connectivity index (χ1v) is 10.0. The van der Waals surface area contributed by atoms with Crippen LogP contribution in [0.4, 0.5) is 11.4 Å². The molecule has 1 fully saturated rings. The van der Waals surface area contributed by atoms with E-state index in [0.29, 0.717) is 25.2 Å². The molecule has 0 radical (unpaired) electrons. The molecule has 8 nitrogen and oxygen atoms in total. The van der Waals surface area contributed by atoms with Crippen molar-refractivity contribution in [2.24, 2.45) is 0 Å². The smallest absolute Gasteiger partial charge is 0.293 e. The molecule has 0 aliphatic carbocycles. The zero-order valence-electron chi connectivity index (χ0n) is 17.2. The number of rotatable bonds is 8. The van der Waals surface area contributed by atoms with Crippen LogP contribution in [0.1, 0.15) is 48.2 Å². The summed E-state index contributed by atoms with van der Waals surface area (Å²) in [5.41, 5.74) is 2.48. The highest BCUT2D eigenvalue weighted by molar-refractivity contribution is 5.95. The summed E-state index contributed by atoms with van der Waals surface area (Å²) < 4.78 is 0. The lowest BCUT2D eigenvalue weighted by molar-refractivity contribution is -0.384. The highest BCUT2D eigenvalue weighted by Crippen LogP contribution is 2.26. The first kappa shape index (κ1) is 21.3. The SMILES string of the molecule is CC(C)NC(=O)c1ccc(NCc2ccc(CN3CCCC3=O)cc2)c([N+](=O)[O-])c1. The zero-order valence-corrected chi connectivity index (χ0v) is 17.2. The van der Waals surface area contributed by atoms with Crippen molar-refractivity contribution in [3.05, 3.63) is 69.3 Å². The third-order valence-corrected chi connectivity index (χ3v) is 4.93. The molecule has 3 rings (SSSR count). The average molecular weight is 410 g/mol. The van der Waals surface area contributed by atoms with Crippen molar-refractivity contribution in [3.8, 4) is 0 Å². The van der Waals surface area contributed by atoms with E-state index in [-0.39, 0.29) is 29.1 Å². The number of carbonyl (C=O) groups is 2. The molecule has 2 N–H and O–H groups in total. The van der Waals surface area contributed by atoms with Gasteiger partial charge in [-0.05, 0) is 43.5 Å². The van der Waals surface area contributed by atoms with Gasteiger partial charge in [-0.1, -0.05) is 24.3 Å². The van der Waals surface area contributed by atoms with Crippen molar-refractivity contribution in [1.82, 2.24) is 10.2 Å². The Balaban J connectivity index is 1.65. The third kappa shape index (κ3) is 5.34. The van der Waals surface area contributed by atoms with Gasteiger partial charge in [-0.25, -0.2) is 0 Å². The minimum absolute atomic E-state index is 0.0547. The second kappa shape index (κ2) is 9.39. The summed E-state index contributed by atoms with van der Waals surface area (Å²) in [6, 6.07) is 12.2. The van der Waals surface area contributed by atoms with Gasteiger partial charge < -0.3 is 15.5 Å². The van der Waals surface area contributed by atoms with Gasteiger partial charge in [-0.3, -0.25) is 19.7 Å². The van der Waals surface area contributed by atoms with E-state index in [0.717, 1.165) is 24.1 Å². The van der Waals surface area contributed by atoms with Gasteiger partial charge in [-0.2, -0.15) is 0 Å². The molecule has 0 spiro atoms. The van der Waals surface area contributed by atoms with Crippen LogP contribution in [-0.4, -0.2) is 34.2 Å². The fourth-order valence-corrected chi connectivity index (χ4v) is 3.37. The van der Waals surface area contributed by atoms with Gasteiger partial charge in [-0.15, -0.1) is 0 Å². The summed E-state index contributed by atoms with van der Waals surface area (Å²) in [6.07, 6.45) is 1.54. The van der Waals surface area contributed by atoms with Crippen molar-refractivity contribution >= 4 is 23.2 Å². The van der Waals surface area contributed by atoms with Crippen molar-refractivity contribution in [3.63, 3.8) is 0 Å². The van der Waals surface area contributed by atoms with Crippen molar-refractivity contribution < 1.29 is 14.5 Å². The number of amides is 2. The highest BCUT2D eigenvalue weighted by atomic mass is 16.6. The quantitative estimate of drug-likeness (QED) is 0.512. The van der Waals surface area contributed by atoms with Crippen LogP contribution in [0.25, 0.3) is 0 Å². The molecule has 0 saturated carbocycles. The average Bonchev–Trinajstić information content (AvgIpc) is 3.11. The van der Waals surface area contributed by atoms with Crippen LogP contribution < -0.4 is 10.6 Å². The maximum absolute atomic E-state index is 12.1. The number of hydrogen-bond donors (Lipinski definition) is 2. The largest absolute Gasteiger partial charge is 0.375 e. The molecule has 1 aliphatic heterocycles. The molecule has 0 unspecified atom stereocenters. The number of hydrogen-bond acceptors (Lipinski definition) is 5. The molecular weight excluding hydrogens is 384 g/mol. The summed E-state index contributed by atoms with van der Waals surface area (Å²) in [5, 5.41) is 17.3.